The van der Waals surface area contributed by atoms with E-state index in [2.05, 4.69) is 26.2 Å². The molecule has 0 spiro atoms. The number of aliphatic imine (C=N–C) groups is 1. The van der Waals surface area contributed by atoms with E-state index in [9.17, 15) is 4.79 Å². The number of hydrogen-bond donors (Lipinski definition) is 2. The summed E-state index contributed by atoms with van der Waals surface area (Å²) in [7, 11) is 1.58. The van der Waals surface area contributed by atoms with Gasteiger partial charge in [0.25, 0.3) is 5.91 Å². The van der Waals surface area contributed by atoms with E-state index in [0.29, 0.717) is 5.57 Å². The first-order valence-electron chi connectivity index (χ1n) is 5.00. The molecule has 0 radical (unpaired) electrons. The number of carbonyl (C=O) groups is 1. The first-order chi connectivity index (χ1) is 8.08. The van der Waals surface area contributed by atoms with E-state index in [1.165, 1.54) is 12.4 Å². The predicted octanol–water partition coefficient (Wildman–Crippen LogP) is 2.24. The van der Waals surface area contributed by atoms with E-state index in [-0.39, 0.29) is 5.91 Å². The zero-order valence-electron chi connectivity index (χ0n) is 9.70. The Bertz CT molecular complexity index is 481. The van der Waals surface area contributed by atoms with Crippen molar-refractivity contribution in [3.63, 3.8) is 0 Å². The van der Waals surface area contributed by atoms with Crippen molar-refractivity contribution in [2.24, 2.45) is 10.7 Å². The zero-order chi connectivity index (χ0) is 12.8. The summed E-state index contributed by atoms with van der Waals surface area (Å²) in [6.45, 7) is 1.92. The maximum absolute atomic E-state index is 11.8. The molecule has 1 rings (SSSR count). The normalized spacial score (nSPS) is 11.8. The third-order valence-corrected chi connectivity index (χ3v) is 2.65. The number of anilines is 1. The molecule has 0 atom stereocenters. The van der Waals surface area contributed by atoms with Crippen molar-refractivity contribution in [3.05, 3.63) is 40.0 Å². The Labute approximate surface area is 109 Å². The summed E-state index contributed by atoms with van der Waals surface area (Å²) in [6, 6.07) is 5.67. The maximum atomic E-state index is 11.8. The molecule has 5 heteroatoms. The maximum Gasteiger partial charge on any atom is 0.258 e. The summed E-state index contributed by atoms with van der Waals surface area (Å²) in [5.41, 5.74) is 7.41. The van der Waals surface area contributed by atoms with Gasteiger partial charge >= 0.3 is 0 Å². The van der Waals surface area contributed by atoms with Gasteiger partial charge in [-0.3, -0.25) is 9.79 Å². The van der Waals surface area contributed by atoms with Gasteiger partial charge in [-0.15, -0.1) is 0 Å². The third kappa shape index (κ3) is 3.71. The molecule has 0 saturated heterocycles. The number of benzene rings is 1. The minimum absolute atomic E-state index is 0.278. The Morgan fingerprint density at radius 3 is 2.82 bits per heavy atom. The molecule has 1 aromatic rings. The molecule has 1 aromatic carbocycles. The predicted molar refractivity (Wildman–Crippen MR) is 74.2 cm³/mol. The molecule has 0 saturated carbocycles. The standard InChI is InChI=1S/C12H14BrN3O/c1-8-3-4-10(13)5-11(8)16-12(17)9(6-14)7-15-2/h3-7H,14H2,1-2H3,(H,16,17)/b9-6+,15-7?. The summed E-state index contributed by atoms with van der Waals surface area (Å²) >= 11 is 3.35. The van der Waals surface area contributed by atoms with Crippen molar-refractivity contribution < 1.29 is 4.79 Å². The molecular formula is C12H14BrN3O. The Morgan fingerprint density at radius 2 is 2.24 bits per heavy atom. The molecular weight excluding hydrogens is 282 g/mol. The van der Waals surface area contributed by atoms with Gasteiger partial charge in [0.15, 0.2) is 0 Å². The average Bonchev–Trinajstić information content (AvgIpc) is 2.30. The lowest BCUT2D eigenvalue weighted by molar-refractivity contribution is -0.112. The summed E-state index contributed by atoms with van der Waals surface area (Å²) in [4.78, 5) is 15.6. The van der Waals surface area contributed by atoms with E-state index in [1.807, 2.05) is 25.1 Å². The second-order valence-electron chi connectivity index (χ2n) is 3.42. The number of nitrogens with zero attached hydrogens (tertiary/aromatic N) is 1. The number of aryl methyl sites for hydroxylation is 1. The minimum Gasteiger partial charge on any atom is -0.404 e. The summed E-state index contributed by atoms with van der Waals surface area (Å²) < 4.78 is 0.904. The molecule has 3 N–H and O–H groups in total. The minimum atomic E-state index is -0.278. The van der Waals surface area contributed by atoms with Crippen LogP contribution in [0.4, 0.5) is 5.69 Å². The molecule has 90 valence electrons. The van der Waals surface area contributed by atoms with Gasteiger partial charge in [-0.2, -0.15) is 0 Å². The number of amides is 1. The molecule has 0 aliphatic heterocycles. The second kappa shape index (κ2) is 6.20. The van der Waals surface area contributed by atoms with Crippen LogP contribution in [0.1, 0.15) is 5.56 Å². The molecule has 1 amide bonds. The van der Waals surface area contributed by atoms with E-state index >= 15 is 0 Å². The number of halogens is 1. The SMILES string of the molecule is CN=C/C(=C\N)C(=O)Nc1cc(Br)ccc1C. The largest absolute Gasteiger partial charge is 0.404 e. The van der Waals surface area contributed by atoms with Crippen LogP contribution in [0.5, 0.6) is 0 Å². The van der Waals surface area contributed by atoms with Crippen LogP contribution in [0.25, 0.3) is 0 Å². The van der Waals surface area contributed by atoms with Crippen molar-refractivity contribution in [3.8, 4) is 0 Å². The number of carbonyl (C=O) groups excluding carboxylic acids is 1. The topological polar surface area (TPSA) is 67.5 Å². The van der Waals surface area contributed by atoms with Crippen molar-refractivity contribution in [1.29, 1.82) is 0 Å². The first kappa shape index (κ1) is 13.4. The highest BCUT2D eigenvalue weighted by Crippen LogP contribution is 2.20. The molecule has 0 unspecified atom stereocenters. The van der Waals surface area contributed by atoms with Gasteiger partial charge in [0, 0.05) is 29.6 Å². The average molecular weight is 296 g/mol. The second-order valence-corrected chi connectivity index (χ2v) is 4.34. The van der Waals surface area contributed by atoms with Gasteiger partial charge in [0.05, 0.1) is 5.57 Å². The van der Waals surface area contributed by atoms with Gasteiger partial charge < -0.3 is 11.1 Å². The smallest absolute Gasteiger partial charge is 0.258 e. The van der Waals surface area contributed by atoms with E-state index in [1.54, 1.807) is 7.05 Å². The monoisotopic (exact) mass is 295 g/mol. The number of hydrogen-bond acceptors (Lipinski definition) is 3. The zero-order valence-corrected chi connectivity index (χ0v) is 11.3. The van der Waals surface area contributed by atoms with Gasteiger partial charge in [-0.1, -0.05) is 22.0 Å². The molecule has 4 nitrogen and oxygen atoms in total. The highest BCUT2D eigenvalue weighted by atomic mass is 79.9. The lowest BCUT2D eigenvalue weighted by Crippen LogP contribution is -2.17. The van der Waals surface area contributed by atoms with Crippen LogP contribution in [0, 0.1) is 6.92 Å². The fourth-order valence-electron chi connectivity index (χ4n) is 1.24. The first-order valence-corrected chi connectivity index (χ1v) is 5.79. The van der Waals surface area contributed by atoms with Crippen molar-refractivity contribution in [1.82, 2.24) is 0 Å². The Kier molecular flexibility index (Phi) is 4.90. The van der Waals surface area contributed by atoms with E-state index < -0.39 is 0 Å². The summed E-state index contributed by atoms with van der Waals surface area (Å²) in [6.07, 6.45) is 2.65. The molecule has 0 aliphatic rings. The van der Waals surface area contributed by atoms with E-state index in [4.69, 9.17) is 5.73 Å². The van der Waals surface area contributed by atoms with Crippen molar-refractivity contribution >= 4 is 33.7 Å². The fourth-order valence-corrected chi connectivity index (χ4v) is 1.60. The molecule has 17 heavy (non-hydrogen) atoms. The van der Waals surface area contributed by atoms with E-state index in [0.717, 1.165) is 15.7 Å². The van der Waals surface area contributed by atoms with Crippen LogP contribution in [-0.4, -0.2) is 19.2 Å². The molecule has 0 bridgehead atoms. The van der Waals surface area contributed by atoms with Crippen molar-refractivity contribution in [2.45, 2.75) is 6.92 Å². The number of rotatable bonds is 3. The molecule has 0 heterocycles. The number of nitrogens with one attached hydrogen (secondary N) is 1. The lowest BCUT2D eigenvalue weighted by atomic mass is 10.2. The Morgan fingerprint density at radius 1 is 1.53 bits per heavy atom. The van der Waals surface area contributed by atoms with Crippen LogP contribution in [0.2, 0.25) is 0 Å². The van der Waals surface area contributed by atoms with Gasteiger partial charge in [0.2, 0.25) is 0 Å². The van der Waals surface area contributed by atoms with Crippen LogP contribution in [-0.2, 0) is 4.79 Å². The molecule has 0 aliphatic carbocycles. The van der Waals surface area contributed by atoms with Gasteiger partial charge in [-0.25, -0.2) is 0 Å². The van der Waals surface area contributed by atoms with Crippen LogP contribution in [0.3, 0.4) is 0 Å². The highest BCUT2D eigenvalue weighted by Gasteiger charge is 2.08. The van der Waals surface area contributed by atoms with Crippen LogP contribution in [0.15, 0.2) is 39.4 Å². The summed E-state index contributed by atoms with van der Waals surface area (Å²) in [5, 5.41) is 2.78. The fraction of sp³-hybridized carbons (Fsp3) is 0.167. The van der Waals surface area contributed by atoms with Crippen molar-refractivity contribution in [2.75, 3.05) is 12.4 Å². The quantitative estimate of drug-likeness (QED) is 0.663. The lowest BCUT2D eigenvalue weighted by Gasteiger charge is -2.08. The Balaban J connectivity index is 2.91. The van der Waals surface area contributed by atoms with Crippen LogP contribution < -0.4 is 11.1 Å². The summed E-state index contributed by atoms with van der Waals surface area (Å²) in [5.74, 6) is -0.278. The number of nitrogens with two attached hydrogens (primary N) is 1. The highest BCUT2D eigenvalue weighted by molar-refractivity contribution is 9.10. The van der Waals surface area contributed by atoms with Crippen LogP contribution >= 0.6 is 15.9 Å². The third-order valence-electron chi connectivity index (χ3n) is 2.16. The van der Waals surface area contributed by atoms with Gasteiger partial charge in [0.1, 0.15) is 0 Å². The molecule has 0 fully saturated rings. The van der Waals surface area contributed by atoms with Gasteiger partial charge in [-0.05, 0) is 24.6 Å². The Hall–Kier alpha value is -1.62. The molecule has 0 aromatic heterocycles.